The lowest BCUT2D eigenvalue weighted by molar-refractivity contribution is -0.151. The molecular formula is C14H17N5O4S. The third-order valence-electron chi connectivity index (χ3n) is 2.86. The van der Waals surface area contributed by atoms with E-state index in [1.807, 2.05) is 19.1 Å². The van der Waals surface area contributed by atoms with Gasteiger partial charge in [0.2, 0.25) is 5.16 Å². The summed E-state index contributed by atoms with van der Waals surface area (Å²) in [5, 5.41) is 11.8. The molecule has 2 rings (SSSR count). The van der Waals surface area contributed by atoms with E-state index in [2.05, 4.69) is 15.5 Å². The first-order valence-corrected chi connectivity index (χ1v) is 8.13. The van der Waals surface area contributed by atoms with E-state index in [0.29, 0.717) is 23.2 Å². The first kappa shape index (κ1) is 17.7. The van der Waals surface area contributed by atoms with Gasteiger partial charge >= 0.3 is 5.97 Å². The second-order valence-corrected chi connectivity index (χ2v) is 5.54. The van der Waals surface area contributed by atoms with Gasteiger partial charge in [0, 0.05) is 0 Å². The zero-order chi connectivity index (χ0) is 17.5. The lowest BCUT2D eigenvalue weighted by Crippen LogP contribution is -2.31. The molecule has 2 aromatic rings. The van der Waals surface area contributed by atoms with Gasteiger partial charge in [-0.3, -0.25) is 9.59 Å². The molecule has 0 aliphatic heterocycles. The van der Waals surface area contributed by atoms with E-state index in [1.165, 1.54) is 11.6 Å². The number of hydrogen-bond donors (Lipinski definition) is 1. The number of primary amides is 1. The lowest BCUT2D eigenvalue weighted by atomic mass is 10.3. The van der Waals surface area contributed by atoms with Gasteiger partial charge in [0.1, 0.15) is 11.4 Å². The number of carbonyl (C=O) groups is 2. The standard InChI is InChI=1S/C14H17N5O4S/c1-3-22-11-7-5-4-6-10(11)19-14(16-17-18-19)24-8-12(20)23-9(2)13(15)21/h4-7,9H,3,8H2,1-2H3,(H2,15,21)/t9-/m0/s1. The molecule has 0 radical (unpaired) electrons. The number of rotatable bonds is 8. The van der Waals surface area contributed by atoms with Crippen LogP contribution in [-0.2, 0) is 14.3 Å². The number of esters is 1. The Morgan fingerprint density at radius 2 is 2.12 bits per heavy atom. The van der Waals surface area contributed by atoms with Crippen molar-refractivity contribution in [1.82, 2.24) is 20.2 Å². The minimum atomic E-state index is -0.979. The molecule has 128 valence electrons. The summed E-state index contributed by atoms with van der Waals surface area (Å²) in [5.74, 6) is -0.726. The van der Waals surface area contributed by atoms with Crippen LogP contribution in [0.2, 0.25) is 0 Å². The lowest BCUT2D eigenvalue weighted by Gasteiger charge is -2.11. The van der Waals surface area contributed by atoms with E-state index >= 15 is 0 Å². The Bertz CT molecular complexity index is 721. The van der Waals surface area contributed by atoms with Crippen LogP contribution in [0.4, 0.5) is 0 Å². The highest BCUT2D eigenvalue weighted by Gasteiger charge is 2.18. The molecule has 0 aliphatic carbocycles. The van der Waals surface area contributed by atoms with Crippen LogP contribution in [0.25, 0.3) is 5.69 Å². The highest BCUT2D eigenvalue weighted by molar-refractivity contribution is 7.99. The minimum absolute atomic E-state index is 0.0607. The molecule has 0 saturated carbocycles. The van der Waals surface area contributed by atoms with E-state index in [4.69, 9.17) is 15.2 Å². The van der Waals surface area contributed by atoms with E-state index in [9.17, 15) is 9.59 Å². The average molecular weight is 351 g/mol. The quantitative estimate of drug-likeness (QED) is 0.541. The van der Waals surface area contributed by atoms with E-state index in [0.717, 1.165) is 11.8 Å². The number of hydrogen-bond acceptors (Lipinski definition) is 8. The molecule has 1 aromatic carbocycles. The number of nitrogens with two attached hydrogens (primary N) is 1. The van der Waals surface area contributed by atoms with Crippen molar-refractivity contribution in [3.05, 3.63) is 24.3 Å². The van der Waals surface area contributed by atoms with Gasteiger partial charge in [-0.1, -0.05) is 23.9 Å². The molecule has 0 fully saturated rings. The van der Waals surface area contributed by atoms with Crippen LogP contribution >= 0.6 is 11.8 Å². The SMILES string of the molecule is CCOc1ccccc1-n1nnnc1SCC(=O)O[C@@H](C)C(N)=O. The van der Waals surface area contributed by atoms with Crippen molar-refractivity contribution in [3.8, 4) is 11.4 Å². The maximum Gasteiger partial charge on any atom is 0.317 e. The Morgan fingerprint density at radius 3 is 2.83 bits per heavy atom. The third kappa shape index (κ3) is 4.44. The van der Waals surface area contributed by atoms with Gasteiger partial charge in [-0.25, -0.2) is 0 Å². The fourth-order valence-electron chi connectivity index (χ4n) is 1.74. The molecule has 1 atom stereocenters. The molecule has 0 unspecified atom stereocenters. The number of ether oxygens (including phenoxy) is 2. The Kier molecular flexibility index (Phi) is 6.13. The van der Waals surface area contributed by atoms with Crippen molar-refractivity contribution in [3.63, 3.8) is 0 Å². The monoisotopic (exact) mass is 351 g/mol. The molecule has 1 amide bonds. The summed E-state index contributed by atoms with van der Waals surface area (Å²) in [7, 11) is 0. The summed E-state index contributed by atoms with van der Waals surface area (Å²) in [6, 6.07) is 7.28. The zero-order valence-electron chi connectivity index (χ0n) is 13.2. The van der Waals surface area contributed by atoms with Crippen molar-refractivity contribution in [2.24, 2.45) is 5.73 Å². The molecule has 2 N–H and O–H groups in total. The maximum atomic E-state index is 11.7. The predicted molar refractivity (Wildman–Crippen MR) is 85.8 cm³/mol. The second-order valence-electron chi connectivity index (χ2n) is 4.60. The second kappa shape index (κ2) is 8.29. The van der Waals surface area contributed by atoms with E-state index in [1.54, 1.807) is 12.1 Å². The van der Waals surface area contributed by atoms with Gasteiger partial charge in [-0.15, -0.1) is 5.10 Å². The van der Waals surface area contributed by atoms with Crippen LogP contribution in [0, 0.1) is 0 Å². The molecule has 24 heavy (non-hydrogen) atoms. The smallest absolute Gasteiger partial charge is 0.317 e. The van der Waals surface area contributed by atoms with Gasteiger partial charge in [0.05, 0.1) is 12.4 Å². The summed E-state index contributed by atoms with van der Waals surface area (Å²) < 4.78 is 11.9. The van der Waals surface area contributed by atoms with Gasteiger partial charge in [-0.05, 0) is 36.4 Å². The number of aromatic nitrogens is 4. The molecule has 0 spiro atoms. The number of nitrogens with zero attached hydrogens (tertiary/aromatic N) is 4. The van der Waals surface area contributed by atoms with Crippen molar-refractivity contribution in [1.29, 1.82) is 0 Å². The molecule has 0 bridgehead atoms. The summed E-state index contributed by atoms with van der Waals surface area (Å²) in [6.07, 6.45) is -0.979. The molecule has 10 heteroatoms. The van der Waals surface area contributed by atoms with Crippen molar-refractivity contribution in [2.45, 2.75) is 25.1 Å². The minimum Gasteiger partial charge on any atom is -0.492 e. The van der Waals surface area contributed by atoms with Crippen LogP contribution < -0.4 is 10.5 Å². The van der Waals surface area contributed by atoms with Crippen molar-refractivity contribution < 1.29 is 19.1 Å². The third-order valence-corrected chi connectivity index (χ3v) is 3.76. The molecule has 0 saturated heterocycles. The first-order chi connectivity index (χ1) is 11.5. The largest absolute Gasteiger partial charge is 0.492 e. The fraction of sp³-hybridized carbons (Fsp3) is 0.357. The molecular weight excluding hydrogens is 334 g/mol. The number of para-hydroxylation sites is 2. The van der Waals surface area contributed by atoms with Gasteiger partial charge in [0.25, 0.3) is 5.91 Å². The molecule has 0 aliphatic rings. The average Bonchev–Trinajstić information content (AvgIpc) is 3.02. The summed E-state index contributed by atoms with van der Waals surface area (Å²) in [6.45, 7) is 3.79. The number of tetrazole rings is 1. The Morgan fingerprint density at radius 1 is 1.38 bits per heavy atom. The highest BCUT2D eigenvalue weighted by atomic mass is 32.2. The number of benzene rings is 1. The highest BCUT2D eigenvalue weighted by Crippen LogP contribution is 2.25. The normalized spacial score (nSPS) is 11.8. The molecule has 1 aromatic heterocycles. The van der Waals surface area contributed by atoms with Crippen molar-refractivity contribution >= 4 is 23.6 Å². The molecule has 9 nitrogen and oxygen atoms in total. The summed E-state index contributed by atoms with van der Waals surface area (Å²) >= 11 is 1.08. The zero-order valence-corrected chi connectivity index (χ0v) is 14.0. The Balaban J connectivity index is 2.09. The summed E-state index contributed by atoms with van der Waals surface area (Å²) in [5.41, 5.74) is 5.71. The van der Waals surface area contributed by atoms with Crippen LogP contribution in [0.3, 0.4) is 0 Å². The van der Waals surface area contributed by atoms with Gasteiger partial charge < -0.3 is 15.2 Å². The van der Waals surface area contributed by atoms with Crippen LogP contribution in [0.5, 0.6) is 5.75 Å². The van der Waals surface area contributed by atoms with Gasteiger partial charge in [-0.2, -0.15) is 4.68 Å². The number of amides is 1. The fourth-order valence-corrected chi connectivity index (χ4v) is 2.41. The number of carbonyl (C=O) groups excluding carboxylic acids is 2. The molecule has 1 heterocycles. The number of thioether (sulfide) groups is 1. The predicted octanol–water partition coefficient (Wildman–Crippen LogP) is 0.570. The Hall–Kier alpha value is -2.62. The van der Waals surface area contributed by atoms with Crippen LogP contribution in [-0.4, -0.2) is 50.5 Å². The summed E-state index contributed by atoms with van der Waals surface area (Å²) in [4.78, 5) is 22.6. The van der Waals surface area contributed by atoms with E-state index in [-0.39, 0.29) is 5.75 Å². The first-order valence-electron chi connectivity index (χ1n) is 7.15. The van der Waals surface area contributed by atoms with Crippen molar-refractivity contribution in [2.75, 3.05) is 12.4 Å². The van der Waals surface area contributed by atoms with Gasteiger partial charge in [0.15, 0.2) is 6.10 Å². The Labute approximate surface area is 142 Å². The van der Waals surface area contributed by atoms with Crippen LogP contribution in [0.1, 0.15) is 13.8 Å². The maximum absolute atomic E-state index is 11.7. The topological polar surface area (TPSA) is 122 Å². The van der Waals surface area contributed by atoms with E-state index < -0.39 is 18.0 Å². The van der Waals surface area contributed by atoms with Crippen LogP contribution in [0.15, 0.2) is 29.4 Å².